The van der Waals surface area contributed by atoms with Gasteiger partial charge in [-0.05, 0) is 67.8 Å². The first kappa shape index (κ1) is 21.3. The number of hydrogen-bond acceptors (Lipinski definition) is 4. The summed E-state index contributed by atoms with van der Waals surface area (Å²) in [4.78, 5) is 41.4. The summed E-state index contributed by atoms with van der Waals surface area (Å²) in [5.41, 5.74) is 4.18. The quantitative estimate of drug-likeness (QED) is 0.544. The smallest absolute Gasteiger partial charge is 0.259 e. The van der Waals surface area contributed by atoms with Crippen LogP contribution in [0.25, 0.3) is 0 Å². The first-order valence-corrected chi connectivity index (χ1v) is 11.7. The minimum atomic E-state index is -0.268. The van der Waals surface area contributed by atoms with Crippen molar-refractivity contribution >= 4 is 46.5 Å². The summed E-state index contributed by atoms with van der Waals surface area (Å²) in [6.07, 6.45) is 2.00. The molecule has 3 aromatic rings. The molecule has 3 amide bonds. The summed E-state index contributed by atoms with van der Waals surface area (Å²) >= 11 is 1.54. The number of rotatable bonds is 4. The molecule has 0 bridgehead atoms. The molecule has 0 radical (unpaired) electrons. The van der Waals surface area contributed by atoms with E-state index in [1.807, 2.05) is 60.4 Å². The third-order valence-corrected chi connectivity index (χ3v) is 6.88. The van der Waals surface area contributed by atoms with E-state index in [0.29, 0.717) is 22.5 Å². The predicted octanol–water partition coefficient (Wildman–Crippen LogP) is 5.48. The number of anilines is 3. The van der Waals surface area contributed by atoms with E-state index in [1.54, 1.807) is 23.9 Å². The summed E-state index contributed by atoms with van der Waals surface area (Å²) in [5.74, 6) is -0.425. The standard InChI is InChI=1S/C26H23N3O3S/c1-15-7-8-17(13-21(15)27-16(2)30)25(31)28-18-9-12-22-24(14-18)33-23-6-4-3-5-20(23)26(32)29(22)19-10-11-19/h3-9,12-14,19H,10-11H2,1-2H3,(H,27,30)(H,28,31). The maximum absolute atomic E-state index is 13.3. The monoisotopic (exact) mass is 457 g/mol. The Morgan fingerprint density at radius 3 is 2.52 bits per heavy atom. The van der Waals surface area contributed by atoms with Crippen LogP contribution in [-0.2, 0) is 4.79 Å². The molecule has 1 aliphatic heterocycles. The average Bonchev–Trinajstić information content (AvgIpc) is 3.62. The second-order valence-corrected chi connectivity index (χ2v) is 9.44. The molecule has 0 unspecified atom stereocenters. The van der Waals surface area contributed by atoms with Gasteiger partial charge in [-0.25, -0.2) is 0 Å². The molecule has 1 fully saturated rings. The molecule has 0 atom stereocenters. The van der Waals surface area contributed by atoms with Gasteiger partial charge >= 0.3 is 0 Å². The highest BCUT2D eigenvalue weighted by Gasteiger charge is 2.38. The Morgan fingerprint density at radius 2 is 1.76 bits per heavy atom. The number of amides is 3. The van der Waals surface area contributed by atoms with Crippen LogP contribution in [0.15, 0.2) is 70.5 Å². The van der Waals surface area contributed by atoms with E-state index in [2.05, 4.69) is 10.6 Å². The van der Waals surface area contributed by atoms with Crippen molar-refractivity contribution < 1.29 is 14.4 Å². The third-order valence-electron chi connectivity index (χ3n) is 5.76. The Kier molecular flexibility index (Phi) is 5.42. The number of carbonyl (C=O) groups excluding carboxylic acids is 3. The maximum atomic E-state index is 13.3. The van der Waals surface area contributed by atoms with Crippen molar-refractivity contribution in [1.82, 2.24) is 0 Å². The molecule has 1 aliphatic carbocycles. The molecule has 0 saturated heterocycles. The predicted molar refractivity (Wildman–Crippen MR) is 130 cm³/mol. The van der Waals surface area contributed by atoms with Gasteiger partial charge in [0.1, 0.15) is 0 Å². The largest absolute Gasteiger partial charge is 0.326 e. The SMILES string of the molecule is CC(=O)Nc1cc(C(=O)Nc2ccc3c(c2)Sc2ccccc2C(=O)N3C2CC2)ccc1C. The average molecular weight is 458 g/mol. The van der Waals surface area contributed by atoms with E-state index in [4.69, 9.17) is 0 Å². The molecule has 33 heavy (non-hydrogen) atoms. The van der Waals surface area contributed by atoms with Gasteiger partial charge < -0.3 is 15.5 Å². The van der Waals surface area contributed by atoms with Crippen LogP contribution in [0.1, 0.15) is 46.0 Å². The molecule has 2 aliphatic rings. The van der Waals surface area contributed by atoms with Gasteiger partial charge in [-0.2, -0.15) is 0 Å². The van der Waals surface area contributed by atoms with E-state index >= 15 is 0 Å². The molecular weight excluding hydrogens is 434 g/mol. The lowest BCUT2D eigenvalue weighted by Gasteiger charge is -2.23. The highest BCUT2D eigenvalue weighted by molar-refractivity contribution is 7.99. The molecule has 0 aromatic heterocycles. The molecule has 3 aromatic carbocycles. The van der Waals surface area contributed by atoms with Crippen LogP contribution >= 0.6 is 11.8 Å². The van der Waals surface area contributed by atoms with E-state index in [-0.39, 0.29) is 23.8 Å². The van der Waals surface area contributed by atoms with Gasteiger partial charge in [0, 0.05) is 39.7 Å². The van der Waals surface area contributed by atoms with Gasteiger partial charge in [0.05, 0.1) is 11.3 Å². The van der Waals surface area contributed by atoms with Crippen molar-refractivity contribution in [3.05, 3.63) is 77.4 Å². The van der Waals surface area contributed by atoms with E-state index < -0.39 is 0 Å². The zero-order valence-electron chi connectivity index (χ0n) is 18.3. The molecule has 1 heterocycles. The second-order valence-electron chi connectivity index (χ2n) is 8.35. The Morgan fingerprint density at radius 1 is 0.970 bits per heavy atom. The fourth-order valence-electron chi connectivity index (χ4n) is 3.95. The van der Waals surface area contributed by atoms with Crippen molar-refractivity contribution in [3.63, 3.8) is 0 Å². The highest BCUT2D eigenvalue weighted by atomic mass is 32.2. The van der Waals surface area contributed by atoms with Crippen molar-refractivity contribution in [2.45, 2.75) is 42.5 Å². The summed E-state index contributed by atoms with van der Waals surface area (Å²) in [7, 11) is 0. The second kappa shape index (κ2) is 8.41. The van der Waals surface area contributed by atoms with Gasteiger partial charge in [0.15, 0.2) is 0 Å². The van der Waals surface area contributed by atoms with Crippen LogP contribution < -0.4 is 15.5 Å². The van der Waals surface area contributed by atoms with Crippen LogP contribution in [-0.4, -0.2) is 23.8 Å². The van der Waals surface area contributed by atoms with Crippen LogP contribution in [0, 0.1) is 6.92 Å². The molecule has 1 saturated carbocycles. The lowest BCUT2D eigenvalue weighted by Crippen LogP contribution is -2.32. The van der Waals surface area contributed by atoms with E-state index in [9.17, 15) is 14.4 Å². The number of aryl methyl sites for hydroxylation is 1. The molecule has 166 valence electrons. The number of hydrogen-bond donors (Lipinski definition) is 2. The Bertz CT molecular complexity index is 1300. The van der Waals surface area contributed by atoms with E-state index in [0.717, 1.165) is 33.9 Å². The Labute approximate surface area is 196 Å². The zero-order valence-corrected chi connectivity index (χ0v) is 19.2. The van der Waals surface area contributed by atoms with Crippen molar-refractivity contribution in [1.29, 1.82) is 0 Å². The van der Waals surface area contributed by atoms with Crippen LogP contribution in [0.3, 0.4) is 0 Å². The van der Waals surface area contributed by atoms with Gasteiger partial charge in [0.25, 0.3) is 11.8 Å². The highest BCUT2D eigenvalue weighted by Crippen LogP contribution is 2.46. The first-order valence-electron chi connectivity index (χ1n) is 10.8. The number of nitrogens with zero attached hydrogens (tertiary/aromatic N) is 1. The fraction of sp³-hybridized carbons (Fsp3) is 0.192. The van der Waals surface area contributed by atoms with Crippen LogP contribution in [0.2, 0.25) is 0 Å². The summed E-state index contributed by atoms with van der Waals surface area (Å²) in [5, 5.41) is 5.71. The summed E-state index contributed by atoms with van der Waals surface area (Å²) in [6, 6.07) is 18.8. The van der Waals surface area contributed by atoms with Gasteiger partial charge in [-0.3, -0.25) is 14.4 Å². The van der Waals surface area contributed by atoms with Crippen molar-refractivity contribution in [2.24, 2.45) is 0 Å². The van der Waals surface area contributed by atoms with Gasteiger partial charge in [-0.15, -0.1) is 0 Å². The first-order chi connectivity index (χ1) is 15.9. The van der Waals surface area contributed by atoms with Crippen molar-refractivity contribution in [2.75, 3.05) is 15.5 Å². The van der Waals surface area contributed by atoms with Gasteiger partial charge in [0.2, 0.25) is 5.91 Å². The molecule has 7 heteroatoms. The summed E-state index contributed by atoms with van der Waals surface area (Å²) in [6.45, 7) is 3.31. The zero-order chi connectivity index (χ0) is 23.1. The maximum Gasteiger partial charge on any atom is 0.259 e. The number of fused-ring (bicyclic) bond motifs is 2. The molecule has 0 spiro atoms. The molecule has 2 N–H and O–H groups in total. The number of carbonyl (C=O) groups is 3. The lowest BCUT2D eigenvalue weighted by atomic mass is 10.1. The van der Waals surface area contributed by atoms with Crippen LogP contribution in [0.5, 0.6) is 0 Å². The Hall–Kier alpha value is -3.58. The topological polar surface area (TPSA) is 78.5 Å². The molecule has 5 rings (SSSR count). The lowest BCUT2D eigenvalue weighted by molar-refractivity contribution is -0.114. The third kappa shape index (κ3) is 4.24. The number of benzene rings is 3. The number of nitrogens with one attached hydrogen (secondary N) is 2. The fourth-order valence-corrected chi connectivity index (χ4v) is 5.05. The van der Waals surface area contributed by atoms with Gasteiger partial charge in [-0.1, -0.05) is 30.0 Å². The minimum absolute atomic E-state index is 0.0290. The normalized spacial score (nSPS) is 14.7. The molecule has 6 nitrogen and oxygen atoms in total. The van der Waals surface area contributed by atoms with Crippen molar-refractivity contribution in [3.8, 4) is 0 Å². The Balaban J connectivity index is 1.46. The molecular formula is C26H23N3O3S. The minimum Gasteiger partial charge on any atom is -0.326 e. The van der Waals surface area contributed by atoms with E-state index in [1.165, 1.54) is 6.92 Å². The summed E-state index contributed by atoms with van der Waals surface area (Å²) < 4.78 is 0. The van der Waals surface area contributed by atoms with Crippen LogP contribution in [0.4, 0.5) is 17.1 Å².